The fourth-order valence-electron chi connectivity index (χ4n) is 3.81. The summed E-state index contributed by atoms with van der Waals surface area (Å²) in [5, 5.41) is 2.90. The van der Waals surface area contributed by atoms with E-state index in [9.17, 15) is 18.0 Å². The Hall–Kier alpha value is -2.91. The smallest absolute Gasteiger partial charge is 0.341 e. The summed E-state index contributed by atoms with van der Waals surface area (Å²) in [4.78, 5) is 28.6. The standard InChI is InChI=1S/C20H23F3N6O/c1-12-4-3-7-29(12)19-25-16(14-10-28(11-14)13(2)30)9-18(27-19)26-17-8-15(5-6-24-17)20(21,22)23/h5-6,8-9,12,14H,3-4,7,10-11H2,1-2H3,(H,24,25,26,27)/t12-/m1/s1. The van der Waals surface area contributed by atoms with Crippen LogP contribution in [0, 0.1) is 0 Å². The lowest BCUT2D eigenvalue weighted by atomic mass is 9.96. The van der Waals surface area contributed by atoms with Crippen LogP contribution < -0.4 is 10.2 Å². The molecule has 4 rings (SSSR count). The van der Waals surface area contributed by atoms with Gasteiger partial charge in [-0.05, 0) is 31.9 Å². The van der Waals surface area contributed by atoms with E-state index in [0.29, 0.717) is 24.9 Å². The van der Waals surface area contributed by atoms with E-state index in [1.54, 1.807) is 11.0 Å². The molecule has 2 aromatic heterocycles. The van der Waals surface area contributed by atoms with Gasteiger partial charge in [-0.1, -0.05) is 0 Å². The molecule has 10 heteroatoms. The van der Waals surface area contributed by atoms with Gasteiger partial charge in [-0.15, -0.1) is 0 Å². The molecule has 160 valence electrons. The van der Waals surface area contributed by atoms with Gasteiger partial charge >= 0.3 is 6.18 Å². The molecule has 1 atom stereocenters. The number of pyridine rings is 1. The topological polar surface area (TPSA) is 74.2 Å². The van der Waals surface area contributed by atoms with Gasteiger partial charge in [0.1, 0.15) is 11.6 Å². The molecule has 4 heterocycles. The quantitative estimate of drug-likeness (QED) is 0.815. The zero-order valence-corrected chi connectivity index (χ0v) is 16.8. The van der Waals surface area contributed by atoms with Gasteiger partial charge in [-0.2, -0.15) is 18.2 Å². The number of aromatic nitrogens is 3. The van der Waals surface area contributed by atoms with E-state index in [1.807, 2.05) is 0 Å². The van der Waals surface area contributed by atoms with Crippen molar-refractivity contribution in [2.75, 3.05) is 29.9 Å². The van der Waals surface area contributed by atoms with Gasteiger partial charge in [-0.25, -0.2) is 9.97 Å². The lowest BCUT2D eigenvalue weighted by Crippen LogP contribution is -2.47. The molecule has 2 fully saturated rings. The van der Waals surface area contributed by atoms with Crippen LogP contribution in [-0.2, 0) is 11.0 Å². The highest BCUT2D eigenvalue weighted by molar-refractivity contribution is 5.74. The Morgan fingerprint density at radius 2 is 1.97 bits per heavy atom. The minimum Gasteiger partial charge on any atom is -0.341 e. The number of rotatable bonds is 4. The van der Waals surface area contributed by atoms with Crippen molar-refractivity contribution < 1.29 is 18.0 Å². The highest BCUT2D eigenvalue weighted by atomic mass is 19.4. The van der Waals surface area contributed by atoms with E-state index in [-0.39, 0.29) is 23.7 Å². The number of hydrogen-bond donors (Lipinski definition) is 1. The lowest BCUT2D eigenvalue weighted by molar-refractivity contribution is -0.137. The number of halogens is 3. The van der Waals surface area contributed by atoms with E-state index >= 15 is 0 Å². The number of likely N-dealkylation sites (tertiary alicyclic amines) is 1. The molecule has 0 aliphatic carbocycles. The molecule has 1 N–H and O–H groups in total. The third kappa shape index (κ3) is 4.17. The van der Waals surface area contributed by atoms with Crippen molar-refractivity contribution >= 4 is 23.5 Å². The molecule has 0 bridgehead atoms. The highest BCUT2D eigenvalue weighted by Crippen LogP contribution is 2.33. The largest absolute Gasteiger partial charge is 0.416 e. The van der Waals surface area contributed by atoms with E-state index in [2.05, 4.69) is 27.1 Å². The van der Waals surface area contributed by atoms with Crippen LogP contribution in [0.4, 0.5) is 30.8 Å². The molecule has 0 aromatic carbocycles. The fraction of sp³-hybridized carbons (Fsp3) is 0.500. The first-order chi connectivity index (χ1) is 14.2. The maximum atomic E-state index is 13.0. The number of carbonyl (C=O) groups is 1. The van der Waals surface area contributed by atoms with Crippen LogP contribution in [-0.4, -0.2) is 51.4 Å². The molecule has 2 aromatic rings. The van der Waals surface area contributed by atoms with E-state index in [0.717, 1.165) is 43.4 Å². The normalized spacial score (nSPS) is 19.7. The average Bonchev–Trinajstić information content (AvgIpc) is 3.05. The summed E-state index contributed by atoms with van der Waals surface area (Å²) in [6, 6.07) is 3.91. The summed E-state index contributed by atoms with van der Waals surface area (Å²) in [7, 11) is 0. The van der Waals surface area contributed by atoms with Crippen molar-refractivity contribution in [3.8, 4) is 0 Å². The minimum absolute atomic E-state index is 0.0141. The summed E-state index contributed by atoms with van der Waals surface area (Å²) in [5.41, 5.74) is -0.00941. The van der Waals surface area contributed by atoms with Gasteiger partial charge < -0.3 is 15.1 Å². The maximum Gasteiger partial charge on any atom is 0.416 e. The van der Waals surface area contributed by atoms with Crippen LogP contribution >= 0.6 is 0 Å². The number of hydrogen-bond acceptors (Lipinski definition) is 6. The van der Waals surface area contributed by atoms with Gasteiger partial charge in [0.25, 0.3) is 0 Å². The van der Waals surface area contributed by atoms with E-state index in [1.165, 1.54) is 6.92 Å². The van der Waals surface area contributed by atoms with Crippen molar-refractivity contribution in [2.45, 2.75) is 44.8 Å². The Labute approximate surface area is 172 Å². The van der Waals surface area contributed by atoms with Gasteiger partial charge in [0.15, 0.2) is 0 Å². The summed E-state index contributed by atoms with van der Waals surface area (Å²) in [5.74, 6) is 1.09. The molecule has 2 aliphatic rings. The van der Waals surface area contributed by atoms with Crippen molar-refractivity contribution in [3.63, 3.8) is 0 Å². The van der Waals surface area contributed by atoms with Crippen LogP contribution in [0.5, 0.6) is 0 Å². The molecular weight excluding hydrogens is 397 g/mol. The van der Waals surface area contributed by atoms with Crippen LogP contribution in [0.2, 0.25) is 0 Å². The third-order valence-corrected chi connectivity index (χ3v) is 5.63. The zero-order valence-electron chi connectivity index (χ0n) is 16.8. The number of carbonyl (C=O) groups excluding carboxylic acids is 1. The highest BCUT2D eigenvalue weighted by Gasteiger charge is 2.33. The van der Waals surface area contributed by atoms with Crippen molar-refractivity contribution in [1.29, 1.82) is 0 Å². The average molecular weight is 420 g/mol. The van der Waals surface area contributed by atoms with Crippen molar-refractivity contribution in [3.05, 3.63) is 35.7 Å². The lowest BCUT2D eigenvalue weighted by Gasteiger charge is -2.38. The second-order valence-corrected chi connectivity index (χ2v) is 7.84. The zero-order chi connectivity index (χ0) is 21.5. The number of amides is 1. The molecule has 0 radical (unpaired) electrons. The van der Waals surface area contributed by atoms with Crippen LogP contribution in [0.25, 0.3) is 0 Å². The minimum atomic E-state index is -4.45. The number of anilines is 3. The third-order valence-electron chi connectivity index (χ3n) is 5.63. The Kier molecular flexibility index (Phi) is 5.25. The predicted molar refractivity (Wildman–Crippen MR) is 106 cm³/mol. The Morgan fingerprint density at radius 1 is 1.20 bits per heavy atom. The molecule has 2 aliphatic heterocycles. The Bertz CT molecular complexity index is 944. The molecular formula is C20H23F3N6O. The summed E-state index contributed by atoms with van der Waals surface area (Å²) in [6.45, 7) is 5.60. The maximum absolute atomic E-state index is 13.0. The SMILES string of the molecule is CC(=O)N1CC(c2cc(Nc3cc(C(F)(F)F)ccn3)nc(N3CCC[C@H]3C)n2)C1. The molecule has 7 nitrogen and oxygen atoms in total. The van der Waals surface area contributed by atoms with Crippen molar-refractivity contribution in [2.24, 2.45) is 0 Å². The first-order valence-electron chi connectivity index (χ1n) is 9.92. The van der Waals surface area contributed by atoms with E-state index in [4.69, 9.17) is 4.98 Å². The second kappa shape index (κ2) is 7.73. The molecule has 0 spiro atoms. The molecule has 2 saturated heterocycles. The van der Waals surface area contributed by atoms with Gasteiger partial charge in [0.2, 0.25) is 11.9 Å². The summed E-state index contributed by atoms with van der Waals surface area (Å²) >= 11 is 0. The van der Waals surface area contributed by atoms with Crippen LogP contribution in [0.15, 0.2) is 24.4 Å². The van der Waals surface area contributed by atoms with Gasteiger partial charge in [0, 0.05) is 50.8 Å². The Balaban J connectivity index is 1.63. The summed E-state index contributed by atoms with van der Waals surface area (Å²) < 4.78 is 39.1. The monoisotopic (exact) mass is 420 g/mol. The first kappa shape index (κ1) is 20.4. The van der Waals surface area contributed by atoms with Crippen molar-refractivity contribution in [1.82, 2.24) is 19.9 Å². The number of nitrogens with one attached hydrogen (secondary N) is 1. The van der Waals surface area contributed by atoms with E-state index < -0.39 is 11.7 Å². The first-order valence-corrected chi connectivity index (χ1v) is 9.92. The molecule has 1 amide bonds. The van der Waals surface area contributed by atoms with Gasteiger partial charge in [-0.3, -0.25) is 4.79 Å². The number of nitrogens with zero attached hydrogens (tertiary/aromatic N) is 5. The Morgan fingerprint density at radius 3 is 2.60 bits per heavy atom. The predicted octanol–water partition coefficient (Wildman–Crippen LogP) is 3.57. The molecule has 30 heavy (non-hydrogen) atoms. The molecule has 0 saturated carbocycles. The van der Waals surface area contributed by atoms with Crippen LogP contribution in [0.3, 0.4) is 0 Å². The fourth-order valence-corrected chi connectivity index (χ4v) is 3.81. The second-order valence-electron chi connectivity index (χ2n) is 7.84. The molecule has 0 unspecified atom stereocenters. The van der Waals surface area contributed by atoms with Crippen LogP contribution in [0.1, 0.15) is 43.9 Å². The summed E-state index contributed by atoms with van der Waals surface area (Å²) in [6.07, 6.45) is -1.26. The van der Waals surface area contributed by atoms with Gasteiger partial charge in [0.05, 0.1) is 11.3 Å². The number of alkyl halides is 3.